The van der Waals surface area contributed by atoms with Gasteiger partial charge < -0.3 is 4.90 Å². The lowest BCUT2D eigenvalue weighted by molar-refractivity contribution is 0.249. The molecule has 1 saturated carbocycles. The average molecular weight is 224 g/mol. The minimum Gasteiger partial charge on any atom is -0.339 e. The third kappa shape index (κ3) is 2.67. The van der Waals surface area contributed by atoms with Gasteiger partial charge in [-0.3, -0.25) is 5.43 Å². The number of guanidine groups is 1. The Bertz CT molecular complexity index is 245. The molecule has 4 heteroatoms. The maximum atomic E-state index is 5.62. The third-order valence-electron chi connectivity index (χ3n) is 3.83. The number of nitrogens with zero attached hydrogens (tertiary/aromatic N) is 2. The number of nitrogens with two attached hydrogens (primary N) is 1. The fourth-order valence-electron chi connectivity index (χ4n) is 2.81. The fraction of sp³-hybridized carbons (Fsp3) is 0.917. The highest BCUT2D eigenvalue weighted by Crippen LogP contribution is 2.22. The lowest BCUT2D eigenvalue weighted by atomic mass is 10.0. The summed E-state index contributed by atoms with van der Waals surface area (Å²) in [5, 5.41) is 0. The lowest BCUT2D eigenvalue weighted by Crippen LogP contribution is -2.51. The van der Waals surface area contributed by atoms with Crippen LogP contribution in [0, 0.1) is 0 Å². The second kappa shape index (κ2) is 5.53. The standard InChI is InChI=1S/C12H24N4/c1-10-6-4-5-9-16(10)12(15-13)14-11-7-2-3-8-11/h10-11H,2-9,13H2,1H3,(H,14,15). The number of hydrazine groups is 1. The smallest absolute Gasteiger partial charge is 0.208 e. The molecule has 92 valence electrons. The predicted molar refractivity (Wildman–Crippen MR) is 67.0 cm³/mol. The highest BCUT2D eigenvalue weighted by atomic mass is 15.4. The zero-order valence-electron chi connectivity index (χ0n) is 10.3. The molecule has 16 heavy (non-hydrogen) atoms. The molecule has 0 aromatic heterocycles. The van der Waals surface area contributed by atoms with E-state index in [1.165, 1.54) is 44.9 Å². The van der Waals surface area contributed by atoms with E-state index in [9.17, 15) is 0 Å². The molecule has 1 saturated heterocycles. The van der Waals surface area contributed by atoms with Gasteiger partial charge in [0.25, 0.3) is 0 Å². The average Bonchev–Trinajstić information content (AvgIpc) is 2.80. The summed E-state index contributed by atoms with van der Waals surface area (Å²) in [5.74, 6) is 6.54. The Balaban J connectivity index is 2.01. The molecule has 0 aromatic rings. The van der Waals surface area contributed by atoms with Crippen LogP contribution in [0.25, 0.3) is 0 Å². The van der Waals surface area contributed by atoms with Gasteiger partial charge in [-0.05, 0) is 39.0 Å². The van der Waals surface area contributed by atoms with Gasteiger partial charge >= 0.3 is 0 Å². The Morgan fingerprint density at radius 2 is 1.88 bits per heavy atom. The summed E-state index contributed by atoms with van der Waals surface area (Å²) in [6.07, 6.45) is 8.95. The van der Waals surface area contributed by atoms with Crippen molar-refractivity contribution in [1.82, 2.24) is 10.3 Å². The second-order valence-corrected chi connectivity index (χ2v) is 5.07. The summed E-state index contributed by atoms with van der Waals surface area (Å²) < 4.78 is 0. The van der Waals surface area contributed by atoms with E-state index < -0.39 is 0 Å². The maximum absolute atomic E-state index is 5.62. The molecule has 0 radical (unpaired) electrons. The first-order valence-corrected chi connectivity index (χ1v) is 6.62. The molecule has 4 nitrogen and oxygen atoms in total. The topological polar surface area (TPSA) is 53.6 Å². The highest BCUT2D eigenvalue weighted by Gasteiger charge is 2.23. The molecule has 0 aromatic carbocycles. The zero-order chi connectivity index (χ0) is 11.4. The van der Waals surface area contributed by atoms with Gasteiger partial charge in [0.2, 0.25) is 5.96 Å². The van der Waals surface area contributed by atoms with E-state index in [0.29, 0.717) is 12.1 Å². The summed E-state index contributed by atoms with van der Waals surface area (Å²) in [6, 6.07) is 1.07. The Labute approximate surface area is 98.3 Å². The molecule has 0 amide bonds. The largest absolute Gasteiger partial charge is 0.339 e. The molecule has 0 bridgehead atoms. The quantitative estimate of drug-likeness (QED) is 0.308. The van der Waals surface area contributed by atoms with Crippen LogP contribution in [-0.4, -0.2) is 29.5 Å². The van der Waals surface area contributed by atoms with Gasteiger partial charge in [-0.2, -0.15) is 0 Å². The molecule has 1 aliphatic carbocycles. The van der Waals surface area contributed by atoms with Crippen LogP contribution in [0.3, 0.4) is 0 Å². The van der Waals surface area contributed by atoms with Crippen molar-refractivity contribution in [2.24, 2.45) is 10.8 Å². The molecular weight excluding hydrogens is 200 g/mol. The van der Waals surface area contributed by atoms with Crippen LogP contribution in [0.2, 0.25) is 0 Å². The van der Waals surface area contributed by atoms with Crippen molar-refractivity contribution < 1.29 is 0 Å². The monoisotopic (exact) mass is 224 g/mol. The summed E-state index contributed by atoms with van der Waals surface area (Å²) in [7, 11) is 0. The van der Waals surface area contributed by atoms with Gasteiger partial charge in [0, 0.05) is 12.6 Å². The van der Waals surface area contributed by atoms with E-state index in [1.54, 1.807) is 0 Å². The number of hydrogen-bond donors (Lipinski definition) is 2. The Kier molecular flexibility index (Phi) is 4.04. The fourth-order valence-corrected chi connectivity index (χ4v) is 2.81. The van der Waals surface area contributed by atoms with Crippen LogP contribution < -0.4 is 11.3 Å². The van der Waals surface area contributed by atoms with Gasteiger partial charge in [-0.25, -0.2) is 10.8 Å². The molecule has 0 spiro atoms. The summed E-state index contributed by atoms with van der Waals surface area (Å²) in [5.41, 5.74) is 2.80. The van der Waals surface area contributed by atoms with Gasteiger partial charge in [0.05, 0.1) is 6.04 Å². The number of likely N-dealkylation sites (tertiary alicyclic amines) is 1. The molecule has 1 heterocycles. The van der Waals surface area contributed by atoms with Crippen LogP contribution in [0.15, 0.2) is 4.99 Å². The number of nitrogens with one attached hydrogen (secondary N) is 1. The molecular formula is C12H24N4. The molecule has 1 unspecified atom stereocenters. The first kappa shape index (κ1) is 11.7. The highest BCUT2D eigenvalue weighted by molar-refractivity contribution is 5.80. The number of hydrogen-bond acceptors (Lipinski definition) is 2. The third-order valence-corrected chi connectivity index (χ3v) is 3.83. The lowest BCUT2D eigenvalue weighted by Gasteiger charge is -2.35. The molecule has 2 rings (SSSR count). The predicted octanol–water partition coefficient (Wildman–Crippen LogP) is 1.62. The first-order chi connectivity index (χ1) is 7.81. The number of rotatable bonds is 1. The van der Waals surface area contributed by atoms with Crippen molar-refractivity contribution in [3.8, 4) is 0 Å². The van der Waals surface area contributed by atoms with Crippen molar-refractivity contribution in [2.75, 3.05) is 6.54 Å². The summed E-state index contributed by atoms with van der Waals surface area (Å²) >= 11 is 0. The molecule has 3 N–H and O–H groups in total. The van der Waals surface area contributed by atoms with Crippen LogP contribution in [0.5, 0.6) is 0 Å². The van der Waals surface area contributed by atoms with Gasteiger partial charge in [-0.1, -0.05) is 12.8 Å². The van der Waals surface area contributed by atoms with E-state index in [0.717, 1.165) is 12.5 Å². The van der Waals surface area contributed by atoms with Crippen LogP contribution >= 0.6 is 0 Å². The second-order valence-electron chi connectivity index (χ2n) is 5.07. The summed E-state index contributed by atoms with van der Waals surface area (Å²) in [6.45, 7) is 3.36. The molecule has 1 atom stereocenters. The number of aliphatic imine (C=N–C) groups is 1. The first-order valence-electron chi connectivity index (χ1n) is 6.62. The Morgan fingerprint density at radius 1 is 1.19 bits per heavy atom. The minimum absolute atomic E-state index is 0.500. The van der Waals surface area contributed by atoms with Crippen molar-refractivity contribution in [3.63, 3.8) is 0 Å². The van der Waals surface area contributed by atoms with Gasteiger partial charge in [-0.15, -0.1) is 0 Å². The normalized spacial score (nSPS) is 28.5. The van der Waals surface area contributed by atoms with E-state index in [-0.39, 0.29) is 0 Å². The maximum Gasteiger partial charge on any atom is 0.208 e. The van der Waals surface area contributed by atoms with Crippen LogP contribution in [0.4, 0.5) is 0 Å². The Morgan fingerprint density at radius 3 is 2.50 bits per heavy atom. The molecule has 2 fully saturated rings. The SMILES string of the molecule is CC1CCCCN1C(=NC1CCCC1)NN. The van der Waals surface area contributed by atoms with E-state index >= 15 is 0 Å². The molecule has 1 aliphatic heterocycles. The van der Waals surface area contributed by atoms with E-state index in [4.69, 9.17) is 10.8 Å². The van der Waals surface area contributed by atoms with Gasteiger partial charge in [0.1, 0.15) is 0 Å². The van der Waals surface area contributed by atoms with Crippen LogP contribution in [0.1, 0.15) is 51.9 Å². The van der Waals surface area contributed by atoms with Crippen molar-refractivity contribution >= 4 is 5.96 Å². The zero-order valence-corrected chi connectivity index (χ0v) is 10.3. The van der Waals surface area contributed by atoms with Gasteiger partial charge in [0.15, 0.2) is 0 Å². The Hall–Kier alpha value is -0.770. The van der Waals surface area contributed by atoms with E-state index in [1.807, 2.05) is 0 Å². The van der Waals surface area contributed by atoms with Crippen molar-refractivity contribution in [2.45, 2.75) is 64.0 Å². The van der Waals surface area contributed by atoms with E-state index in [2.05, 4.69) is 17.2 Å². The van der Waals surface area contributed by atoms with Crippen molar-refractivity contribution in [3.05, 3.63) is 0 Å². The summed E-state index contributed by atoms with van der Waals surface area (Å²) in [4.78, 5) is 7.11. The number of piperidine rings is 1. The molecule has 2 aliphatic rings. The van der Waals surface area contributed by atoms with Crippen molar-refractivity contribution in [1.29, 1.82) is 0 Å². The minimum atomic E-state index is 0.500. The van der Waals surface area contributed by atoms with Crippen LogP contribution in [-0.2, 0) is 0 Å².